The van der Waals surface area contributed by atoms with Crippen molar-refractivity contribution in [2.75, 3.05) is 0 Å². The van der Waals surface area contributed by atoms with E-state index in [0.29, 0.717) is 5.25 Å². The third-order valence-electron chi connectivity index (χ3n) is 6.57. The zero-order valence-electron chi connectivity index (χ0n) is 21.6. The SMILES string of the molecule is C1=CCC([S+](c2ccccc2)c2ccc(Sc3ccc([S+](c4ccccc4)c4ccccc4)cc3)cc2)C=C1. The van der Waals surface area contributed by atoms with E-state index in [0.717, 1.165) is 6.42 Å². The molecule has 5 aromatic carbocycles. The van der Waals surface area contributed by atoms with E-state index in [1.165, 1.54) is 34.3 Å². The highest BCUT2D eigenvalue weighted by atomic mass is 32.2. The second-order valence-electron chi connectivity index (χ2n) is 9.22. The number of benzene rings is 5. The van der Waals surface area contributed by atoms with Crippen molar-refractivity contribution < 1.29 is 0 Å². The summed E-state index contributed by atoms with van der Waals surface area (Å²) in [6.07, 6.45) is 10.1. The Morgan fingerprint density at radius 3 is 1.38 bits per heavy atom. The van der Waals surface area contributed by atoms with Gasteiger partial charge in [0.1, 0.15) is 0 Å². The van der Waals surface area contributed by atoms with Crippen molar-refractivity contribution in [2.24, 2.45) is 0 Å². The van der Waals surface area contributed by atoms with E-state index in [4.69, 9.17) is 0 Å². The van der Waals surface area contributed by atoms with Crippen LogP contribution < -0.4 is 0 Å². The highest BCUT2D eigenvalue weighted by Gasteiger charge is 2.33. The minimum Gasteiger partial charge on any atom is -0.0901 e. The molecule has 0 amide bonds. The normalized spacial score (nSPS) is 15.4. The predicted octanol–water partition coefficient (Wildman–Crippen LogP) is 9.85. The average molecular weight is 559 g/mol. The second-order valence-corrected chi connectivity index (χ2v) is 14.6. The van der Waals surface area contributed by atoms with Crippen molar-refractivity contribution in [3.05, 3.63) is 164 Å². The Kier molecular flexibility index (Phi) is 8.40. The number of rotatable bonds is 8. The first-order chi connectivity index (χ1) is 19.3. The van der Waals surface area contributed by atoms with Crippen LogP contribution in [-0.4, -0.2) is 5.25 Å². The van der Waals surface area contributed by atoms with Gasteiger partial charge in [-0.2, -0.15) is 0 Å². The Morgan fingerprint density at radius 2 is 0.897 bits per heavy atom. The lowest BCUT2D eigenvalue weighted by Gasteiger charge is -2.16. The highest BCUT2D eigenvalue weighted by molar-refractivity contribution is 7.99. The Hall–Kier alpha value is -3.37. The second kappa shape index (κ2) is 12.7. The maximum Gasteiger partial charge on any atom is 0.166 e. The minimum absolute atomic E-state index is 0.0162. The summed E-state index contributed by atoms with van der Waals surface area (Å²) in [5, 5.41) is 0.506. The van der Waals surface area contributed by atoms with Crippen LogP contribution in [0.3, 0.4) is 0 Å². The molecule has 190 valence electrons. The van der Waals surface area contributed by atoms with Gasteiger partial charge in [0.15, 0.2) is 29.7 Å². The van der Waals surface area contributed by atoms with Crippen molar-refractivity contribution in [1.82, 2.24) is 0 Å². The fourth-order valence-electron chi connectivity index (χ4n) is 4.74. The van der Waals surface area contributed by atoms with E-state index < -0.39 is 0 Å². The van der Waals surface area contributed by atoms with Crippen molar-refractivity contribution in [3.8, 4) is 0 Å². The third kappa shape index (κ3) is 6.28. The predicted molar refractivity (Wildman–Crippen MR) is 169 cm³/mol. The standard InChI is InChI=1S/C36H30S3/c1-5-13-31(14-6-1)38(32-15-7-2-8-16-32)35-25-21-29(22-26-35)37-30-23-27-36(28-24-30)39(33-17-9-3-10-18-33)34-19-11-4-12-20-34/h1-19,21-28,34H,20H2/q+2. The summed E-state index contributed by atoms with van der Waals surface area (Å²) in [5.41, 5.74) is 0. The van der Waals surface area contributed by atoms with Gasteiger partial charge >= 0.3 is 0 Å². The smallest absolute Gasteiger partial charge is 0.0901 e. The van der Waals surface area contributed by atoms with E-state index >= 15 is 0 Å². The molecular weight excluding hydrogens is 529 g/mol. The van der Waals surface area contributed by atoms with Gasteiger partial charge in [0, 0.05) is 16.2 Å². The summed E-state index contributed by atoms with van der Waals surface area (Å²) in [4.78, 5) is 9.37. The molecule has 0 aliphatic heterocycles. The molecule has 0 N–H and O–H groups in total. The summed E-state index contributed by atoms with van der Waals surface area (Å²) < 4.78 is 0. The number of hydrogen-bond acceptors (Lipinski definition) is 1. The zero-order valence-corrected chi connectivity index (χ0v) is 24.0. The van der Waals surface area contributed by atoms with Crippen molar-refractivity contribution >= 4 is 33.6 Å². The van der Waals surface area contributed by atoms with Crippen LogP contribution in [0.25, 0.3) is 0 Å². The molecule has 39 heavy (non-hydrogen) atoms. The minimum atomic E-state index is -0.117. The number of allylic oxidation sites excluding steroid dienone is 3. The van der Waals surface area contributed by atoms with E-state index in [9.17, 15) is 0 Å². The fraction of sp³-hybridized carbons (Fsp3) is 0.0556. The average Bonchev–Trinajstić information content (AvgIpc) is 3.01. The van der Waals surface area contributed by atoms with Gasteiger partial charge in [0.2, 0.25) is 0 Å². The Labute approximate surface area is 242 Å². The van der Waals surface area contributed by atoms with E-state index in [-0.39, 0.29) is 21.8 Å². The van der Waals surface area contributed by atoms with Gasteiger partial charge in [0.25, 0.3) is 0 Å². The van der Waals surface area contributed by atoms with Gasteiger partial charge in [-0.25, -0.2) is 0 Å². The molecule has 1 aliphatic carbocycles. The molecule has 2 unspecified atom stereocenters. The van der Waals surface area contributed by atoms with E-state index in [1.807, 2.05) is 11.8 Å². The third-order valence-corrected chi connectivity index (χ3v) is 12.3. The molecule has 5 aromatic rings. The molecule has 6 rings (SSSR count). The molecule has 0 heterocycles. The van der Waals surface area contributed by atoms with E-state index in [2.05, 4.69) is 164 Å². The van der Waals surface area contributed by atoms with Crippen LogP contribution in [0, 0.1) is 0 Å². The molecule has 0 fully saturated rings. The van der Waals surface area contributed by atoms with Crippen LogP contribution in [-0.2, 0) is 21.8 Å². The van der Waals surface area contributed by atoms with Gasteiger partial charge in [-0.3, -0.25) is 0 Å². The number of hydrogen-bond donors (Lipinski definition) is 0. The summed E-state index contributed by atoms with van der Waals surface area (Å²) >= 11 is 1.83. The van der Waals surface area contributed by atoms with Gasteiger partial charge in [0.05, 0.1) is 21.8 Å². The molecular formula is C36H30S3+2. The zero-order chi connectivity index (χ0) is 26.3. The Balaban J connectivity index is 1.22. The first-order valence-electron chi connectivity index (χ1n) is 13.2. The Morgan fingerprint density at radius 1 is 0.462 bits per heavy atom. The van der Waals surface area contributed by atoms with E-state index in [1.54, 1.807) is 0 Å². The van der Waals surface area contributed by atoms with Crippen LogP contribution in [0.15, 0.2) is 198 Å². The van der Waals surface area contributed by atoms with Crippen molar-refractivity contribution in [3.63, 3.8) is 0 Å². The molecule has 0 spiro atoms. The van der Waals surface area contributed by atoms with Crippen LogP contribution in [0.1, 0.15) is 6.42 Å². The fourth-order valence-corrected chi connectivity index (χ4v) is 10.0. The largest absolute Gasteiger partial charge is 0.166 e. The van der Waals surface area contributed by atoms with Crippen LogP contribution in [0.5, 0.6) is 0 Å². The first-order valence-corrected chi connectivity index (χ1v) is 16.5. The van der Waals surface area contributed by atoms with Gasteiger partial charge in [-0.15, -0.1) is 0 Å². The van der Waals surface area contributed by atoms with Gasteiger partial charge in [-0.1, -0.05) is 84.6 Å². The van der Waals surface area contributed by atoms with Crippen molar-refractivity contribution in [2.45, 2.75) is 45.9 Å². The highest BCUT2D eigenvalue weighted by Crippen LogP contribution is 2.36. The Bertz CT molecular complexity index is 1490. The summed E-state index contributed by atoms with van der Waals surface area (Å²) in [6.45, 7) is 0. The molecule has 0 nitrogen and oxygen atoms in total. The summed E-state index contributed by atoms with van der Waals surface area (Å²) in [5.74, 6) is 0. The van der Waals surface area contributed by atoms with Crippen molar-refractivity contribution in [1.29, 1.82) is 0 Å². The maximum absolute atomic E-state index is 2.37. The molecule has 0 bridgehead atoms. The van der Waals surface area contributed by atoms with Crippen LogP contribution >= 0.6 is 11.8 Å². The molecule has 2 atom stereocenters. The van der Waals surface area contributed by atoms with Gasteiger partial charge < -0.3 is 0 Å². The lowest BCUT2D eigenvalue weighted by molar-refractivity contribution is 1.03. The molecule has 0 saturated carbocycles. The summed E-state index contributed by atoms with van der Waals surface area (Å²) in [6, 6.07) is 51.0. The van der Waals surface area contributed by atoms with Crippen LogP contribution in [0.4, 0.5) is 0 Å². The molecule has 1 aliphatic rings. The first kappa shape index (κ1) is 25.9. The maximum atomic E-state index is 2.37. The molecule has 0 aromatic heterocycles. The quantitative estimate of drug-likeness (QED) is 0.171. The lowest BCUT2D eigenvalue weighted by Crippen LogP contribution is -2.20. The van der Waals surface area contributed by atoms with Gasteiger partial charge in [-0.05, 0) is 91.0 Å². The molecule has 0 radical (unpaired) electrons. The lowest BCUT2D eigenvalue weighted by atomic mass is 10.2. The topological polar surface area (TPSA) is 0 Å². The van der Waals surface area contributed by atoms with Crippen LogP contribution in [0.2, 0.25) is 0 Å². The summed E-state index contributed by atoms with van der Waals surface area (Å²) in [7, 11) is -0.101. The molecule has 0 saturated heterocycles. The molecule has 3 heteroatoms. The monoisotopic (exact) mass is 558 g/mol.